The maximum atomic E-state index is 11.3. The molecule has 0 bridgehead atoms. The fraction of sp³-hybridized carbons (Fsp3) is 0.429. The highest BCUT2D eigenvalue weighted by atomic mass is 35.5. The lowest BCUT2D eigenvalue weighted by molar-refractivity contribution is -0.120. The first-order chi connectivity index (χ1) is 8.07. The highest BCUT2D eigenvalue weighted by molar-refractivity contribution is 6.31. The van der Waals surface area contributed by atoms with E-state index in [0.717, 1.165) is 11.1 Å². The number of rotatable bonds is 1. The zero-order valence-corrected chi connectivity index (χ0v) is 10.5. The average molecular weight is 248 g/mol. The molecule has 2 nitrogen and oxygen atoms in total. The Bertz CT molecular complexity index is 491. The Hall–Kier alpha value is -1.33. The van der Waals surface area contributed by atoms with E-state index >= 15 is 0 Å². The van der Waals surface area contributed by atoms with Gasteiger partial charge in [-0.3, -0.25) is 4.79 Å². The van der Waals surface area contributed by atoms with Gasteiger partial charge in [0.25, 0.3) is 0 Å². The first-order valence-corrected chi connectivity index (χ1v) is 6.15. The van der Waals surface area contributed by atoms with Crippen LogP contribution in [0, 0.1) is 18.3 Å². The van der Waals surface area contributed by atoms with E-state index in [1.54, 1.807) is 0 Å². The zero-order chi connectivity index (χ0) is 12.5. The van der Waals surface area contributed by atoms with Crippen LogP contribution in [0.15, 0.2) is 18.2 Å². The number of nitrogens with zero attached hydrogens (tertiary/aromatic N) is 1. The Morgan fingerprint density at radius 2 is 2.00 bits per heavy atom. The van der Waals surface area contributed by atoms with Crippen LogP contribution in [0.2, 0.25) is 5.02 Å². The molecule has 17 heavy (non-hydrogen) atoms. The van der Waals surface area contributed by atoms with Crippen molar-refractivity contribution in [1.29, 1.82) is 5.26 Å². The van der Waals surface area contributed by atoms with Crippen LogP contribution < -0.4 is 0 Å². The number of benzene rings is 1. The molecule has 2 rings (SSSR count). The van der Waals surface area contributed by atoms with Crippen molar-refractivity contribution in [3.8, 4) is 6.07 Å². The van der Waals surface area contributed by atoms with Gasteiger partial charge in [-0.15, -0.1) is 0 Å². The van der Waals surface area contributed by atoms with Crippen molar-refractivity contribution in [3.63, 3.8) is 0 Å². The van der Waals surface area contributed by atoms with Crippen molar-refractivity contribution in [2.24, 2.45) is 0 Å². The largest absolute Gasteiger partial charge is 0.300 e. The van der Waals surface area contributed by atoms with Crippen LogP contribution >= 0.6 is 11.6 Å². The summed E-state index contributed by atoms with van der Waals surface area (Å²) in [4.78, 5) is 11.3. The molecular weight excluding hydrogens is 234 g/mol. The van der Waals surface area contributed by atoms with Gasteiger partial charge in [-0.25, -0.2) is 0 Å². The lowest BCUT2D eigenvalue weighted by atomic mass is 9.70. The Morgan fingerprint density at radius 3 is 2.53 bits per heavy atom. The second-order valence-corrected chi connectivity index (χ2v) is 5.10. The van der Waals surface area contributed by atoms with Crippen molar-refractivity contribution < 1.29 is 4.79 Å². The molecule has 0 amide bonds. The molecule has 1 saturated carbocycles. The summed E-state index contributed by atoms with van der Waals surface area (Å²) in [5, 5.41) is 10.1. The molecule has 3 heteroatoms. The highest BCUT2D eigenvalue weighted by Crippen LogP contribution is 2.38. The van der Waals surface area contributed by atoms with E-state index in [1.165, 1.54) is 0 Å². The number of ketones is 1. The van der Waals surface area contributed by atoms with E-state index in [1.807, 2.05) is 25.1 Å². The standard InChI is InChI=1S/C14H14ClNO/c1-10-2-3-11(8-13(10)15)14(9-16)6-4-12(17)5-7-14/h2-3,8H,4-7H2,1H3. The molecule has 1 aromatic rings. The van der Waals surface area contributed by atoms with Crippen LogP contribution in [-0.2, 0) is 10.2 Å². The van der Waals surface area contributed by atoms with Crippen LogP contribution in [0.25, 0.3) is 0 Å². The van der Waals surface area contributed by atoms with E-state index in [4.69, 9.17) is 11.6 Å². The van der Waals surface area contributed by atoms with E-state index in [9.17, 15) is 10.1 Å². The topological polar surface area (TPSA) is 40.9 Å². The van der Waals surface area contributed by atoms with Gasteiger partial charge < -0.3 is 0 Å². The van der Waals surface area contributed by atoms with Gasteiger partial charge in [-0.05, 0) is 37.0 Å². The third-order valence-corrected chi connectivity index (χ3v) is 4.01. The minimum Gasteiger partial charge on any atom is -0.300 e. The highest BCUT2D eigenvalue weighted by Gasteiger charge is 2.36. The van der Waals surface area contributed by atoms with E-state index < -0.39 is 5.41 Å². The fourth-order valence-electron chi connectivity index (χ4n) is 2.31. The molecule has 0 aliphatic heterocycles. The second-order valence-electron chi connectivity index (χ2n) is 4.70. The zero-order valence-electron chi connectivity index (χ0n) is 9.79. The minimum atomic E-state index is -0.523. The molecule has 0 atom stereocenters. The predicted molar refractivity (Wildman–Crippen MR) is 67.0 cm³/mol. The Kier molecular flexibility index (Phi) is 3.22. The van der Waals surface area contributed by atoms with Crippen molar-refractivity contribution in [2.45, 2.75) is 38.0 Å². The Balaban J connectivity index is 2.38. The molecule has 88 valence electrons. The van der Waals surface area contributed by atoms with Gasteiger partial charge in [0, 0.05) is 17.9 Å². The molecule has 0 aromatic heterocycles. The maximum Gasteiger partial charge on any atom is 0.133 e. The lowest BCUT2D eigenvalue weighted by Crippen LogP contribution is -2.30. The number of Topliss-reactive ketones (excluding diaryl/α,β-unsaturated/α-hetero) is 1. The molecule has 0 saturated heterocycles. The van der Waals surface area contributed by atoms with Gasteiger partial charge in [-0.1, -0.05) is 23.7 Å². The van der Waals surface area contributed by atoms with Crippen molar-refractivity contribution >= 4 is 17.4 Å². The molecular formula is C14H14ClNO. The normalized spacial score (nSPS) is 18.8. The number of hydrogen-bond donors (Lipinski definition) is 0. The molecule has 1 aromatic carbocycles. The van der Waals surface area contributed by atoms with Crippen molar-refractivity contribution in [1.82, 2.24) is 0 Å². The van der Waals surface area contributed by atoms with Crippen molar-refractivity contribution in [2.75, 3.05) is 0 Å². The van der Waals surface area contributed by atoms with Gasteiger partial charge in [0.1, 0.15) is 5.78 Å². The van der Waals surface area contributed by atoms with E-state index in [-0.39, 0.29) is 5.78 Å². The summed E-state index contributed by atoms with van der Waals surface area (Å²) < 4.78 is 0. The summed E-state index contributed by atoms with van der Waals surface area (Å²) in [6.07, 6.45) is 2.22. The second kappa shape index (κ2) is 4.50. The smallest absolute Gasteiger partial charge is 0.133 e. The molecule has 0 heterocycles. The third kappa shape index (κ3) is 2.21. The first-order valence-electron chi connectivity index (χ1n) is 5.77. The summed E-state index contributed by atoms with van der Waals surface area (Å²) in [5.74, 6) is 0.258. The first kappa shape index (κ1) is 12.1. The molecule has 1 aliphatic rings. The third-order valence-electron chi connectivity index (χ3n) is 3.60. The Morgan fingerprint density at radius 1 is 1.35 bits per heavy atom. The summed E-state index contributed by atoms with van der Waals surface area (Å²) >= 11 is 6.10. The maximum absolute atomic E-state index is 11.3. The number of nitriles is 1. The predicted octanol–water partition coefficient (Wildman–Crippen LogP) is 3.55. The van der Waals surface area contributed by atoms with E-state index in [0.29, 0.717) is 30.7 Å². The lowest BCUT2D eigenvalue weighted by Gasteiger charge is -2.30. The molecule has 0 unspecified atom stereocenters. The van der Waals surface area contributed by atoms with Gasteiger partial charge in [0.05, 0.1) is 11.5 Å². The summed E-state index contributed by atoms with van der Waals surface area (Å²) in [6, 6.07) is 8.16. The van der Waals surface area contributed by atoms with Gasteiger partial charge in [-0.2, -0.15) is 5.26 Å². The van der Waals surface area contributed by atoms with Gasteiger partial charge >= 0.3 is 0 Å². The van der Waals surface area contributed by atoms with Gasteiger partial charge in [0.2, 0.25) is 0 Å². The number of hydrogen-bond acceptors (Lipinski definition) is 2. The van der Waals surface area contributed by atoms with Crippen LogP contribution in [0.5, 0.6) is 0 Å². The van der Waals surface area contributed by atoms with Gasteiger partial charge in [0.15, 0.2) is 0 Å². The SMILES string of the molecule is Cc1ccc(C2(C#N)CCC(=O)CC2)cc1Cl. The monoisotopic (exact) mass is 247 g/mol. The van der Waals surface area contributed by atoms with Crippen LogP contribution in [0.1, 0.15) is 36.8 Å². The summed E-state index contributed by atoms with van der Waals surface area (Å²) in [5.41, 5.74) is 1.43. The van der Waals surface area contributed by atoms with Crippen LogP contribution in [0.4, 0.5) is 0 Å². The number of carbonyl (C=O) groups is 1. The number of aryl methyl sites for hydroxylation is 1. The fourth-order valence-corrected chi connectivity index (χ4v) is 2.49. The average Bonchev–Trinajstić information content (AvgIpc) is 2.34. The summed E-state index contributed by atoms with van der Waals surface area (Å²) in [7, 11) is 0. The molecule has 0 radical (unpaired) electrons. The van der Waals surface area contributed by atoms with E-state index in [2.05, 4.69) is 6.07 Å². The number of halogens is 1. The van der Waals surface area contributed by atoms with Crippen LogP contribution in [-0.4, -0.2) is 5.78 Å². The Labute approximate surface area is 106 Å². The van der Waals surface area contributed by atoms with Crippen molar-refractivity contribution in [3.05, 3.63) is 34.3 Å². The molecule has 0 spiro atoms. The molecule has 1 aliphatic carbocycles. The number of carbonyl (C=O) groups excluding carboxylic acids is 1. The molecule has 1 fully saturated rings. The van der Waals surface area contributed by atoms with Crippen LogP contribution in [0.3, 0.4) is 0 Å². The summed E-state index contributed by atoms with van der Waals surface area (Å²) in [6.45, 7) is 1.94. The molecule has 0 N–H and O–H groups in total. The quantitative estimate of drug-likeness (QED) is 0.761. The minimum absolute atomic E-state index is 0.258.